The second-order valence-corrected chi connectivity index (χ2v) is 6.67. The molecule has 5 heterocycles. The van der Waals surface area contributed by atoms with Crippen LogP contribution in [0.25, 0.3) is 16.9 Å². The van der Waals surface area contributed by atoms with E-state index in [-0.39, 0.29) is 18.7 Å². The number of pyridine rings is 2. The van der Waals surface area contributed by atoms with Gasteiger partial charge >= 0.3 is 0 Å². The third-order valence-electron chi connectivity index (χ3n) is 5.10. The molecule has 0 spiro atoms. The fourth-order valence-electron chi connectivity index (χ4n) is 3.49. The van der Waals surface area contributed by atoms with Gasteiger partial charge in [0.2, 0.25) is 0 Å². The number of ether oxygens (including phenoxy) is 1. The summed E-state index contributed by atoms with van der Waals surface area (Å²) in [7, 11) is 0. The van der Waals surface area contributed by atoms with Crippen molar-refractivity contribution in [1.29, 1.82) is 10.5 Å². The first-order valence-corrected chi connectivity index (χ1v) is 8.73. The summed E-state index contributed by atoms with van der Waals surface area (Å²) in [6, 6.07) is 8.04. The van der Waals surface area contributed by atoms with Crippen molar-refractivity contribution in [3.05, 3.63) is 30.1 Å². The predicted molar refractivity (Wildman–Crippen MR) is 101 cm³/mol. The third kappa shape index (κ3) is 2.32. The Hall–Kier alpha value is -3.89. The molecule has 3 N–H and O–H groups in total. The largest absolute Gasteiger partial charge is 0.396 e. The molecular weight excluding hydrogens is 358 g/mol. The van der Waals surface area contributed by atoms with E-state index >= 15 is 0 Å². The number of rotatable bonds is 4. The zero-order valence-electron chi connectivity index (χ0n) is 14.7. The van der Waals surface area contributed by atoms with Gasteiger partial charge in [0, 0.05) is 18.0 Å². The summed E-state index contributed by atoms with van der Waals surface area (Å²) in [5.74, 6) is 1.15. The van der Waals surface area contributed by atoms with E-state index < -0.39 is 0 Å². The number of hydrogen-bond donors (Lipinski definition) is 2. The molecule has 2 saturated heterocycles. The SMILES string of the molecule is N#CCNc1cc(-n2ncc3cc(C#N)c(N4CC5OCC54)nc32)ncc1N. The van der Waals surface area contributed by atoms with Gasteiger partial charge in [-0.15, -0.1) is 0 Å². The molecule has 2 aliphatic rings. The van der Waals surface area contributed by atoms with Crippen LogP contribution in [0, 0.1) is 22.7 Å². The van der Waals surface area contributed by atoms with Gasteiger partial charge in [-0.05, 0) is 6.07 Å². The van der Waals surface area contributed by atoms with Gasteiger partial charge in [0.05, 0.1) is 54.2 Å². The van der Waals surface area contributed by atoms with Crippen molar-refractivity contribution < 1.29 is 4.74 Å². The number of nitrogens with one attached hydrogen (secondary N) is 1. The van der Waals surface area contributed by atoms with E-state index in [1.54, 1.807) is 23.0 Å². The van der Waals surface area contributed by atoms with E-state index in [1.807, 2.05) is 6.07 Å². The van der Waals surface area contributed by atoms with Crippen LogP contribution in [0.1, 0.15) is 5.56 Å². The normalized spacial score (nSPS) is 19.9. The van der Waals surface area contributed by atoms with E-state index in [4.69, 9.17) is 20.7 Å². The minimum absolute atomic E-state index is 0.126. The van der Waals surface area contributed by atoms with Crippen molar-refractivity contribution in [2.45, 2.75) is 12.1 Å². The number of morpholine rings is 1. The van der Waals surface area contributed by atoms with Crippen LogP contribution < -0.4 is 16.0 Å². The van der Waals surface area contributed by atoms with E-state index in [1.165, 1.54) is 6.20 Å². The van der Waals surface area contributed by atoms with Gasteiger partial charge in [-0.3, -0.25) is 0 Å². The number of anilines is 3. The molecule has 0 bridgehead atoms. The van der Waals surface area contributed by atoms with Gasteiger partial charge in [0.1, 0.15) is 18.4 Å². The fraction of sp³-hybridized carbons (Fsp3) is 0.278. The van der Waals surface area contributed by atoms with Crippen LogP contribution in [0.4, 0.5) is 17.2 Å². The number of aromatic nitrogens is 4. The average molecular weight is 373 g/mol. The standard InChI is InChI=1S/C18H15N9O/c19-1-2-22-13-4-16(23-7-12(13)21)27-18-11(6-24-27)3-10(5-20)17(25-18)26-8-15-14(26)9-28-15/h3-4,6-7,14-15H,2,8-9,21H2,(H,22,23). The van der Waals surface area contributed by atoms with Crippen LogP contribution in [-0.2, 0) is 4.74 Å². The lowest BCUT2D eigenvalue weighted by molar-refractivity contribution is -0.113. The summed E-state index contributed by atoms with van der Waals surface area (Å²) in [6.07, 6.45) is 3.40. The summed E-state index contributed by atoms with van der Waals surface area (Å²) in [5, 5.41) is 26.4. The topological polar surface area (TPSA) is 142 Å². The molecule has 0 radical (unpaired) electrons. The van der Waals surface area contributed by atoms with Crippen LogP contribution in [0.15, 0.2) is 24.5 Å². The molecule has 10 nitrogen and oxygen atoms in total. The monoisotopic (exact) mass is 373 g/mol. The molecule has 2 unspecified atom stereocenters. The summed E-state index contributed by atoms with van der Waals surface area (Å²) >= 11 is 0. The van der Waals surface area contributed by atoms with Crippen molar-refractivity contribution in [2.24, 2.45) is 0 Å². The number of nitriles is 2. The predicted octanol–water partition coefficient (Wildman–Crippen LogP) is 0.792. The van der Waals surface area contributed by atoms with Crippen molar-refractivity contribution in [3.63, 3.8) is 0 Å². The Morgan fingerprint density at radius 2 is 2.21 bits per heavy atom. The fourth-order valence-corrected chi connectivity index (χ4v) is 3.49. The number of nitrogen functional groups attached to an aromatic ring is 1. The lowest BCUT2D eigenvalue weighted by Crippen LogP contribution is -2.71. The summed E-state index contributed by atoms with van der Waals surface area (Å²) in [5.41, 5.74) is 8.07. The summed E-state index contributed by atoms with van der Waals surface area (Å²) in [6.45, 7) is 1.51. The molecule has 0 aliphatic carbocycles. The highest BCUT2D eigenvalue weighted by atomic mass is 16.5. The maximum Gasteiger partial charge on any atom is 0.167 e. The highest BCUT2D eigenvalue weighted by molar-refractivity contribution is 5.82. The van der Waals surface area contributed by atoms with Gasteiger partial charge in [0.25, 0.3) is 0 Å². The van der Waals surface area contributed by atoms with Crippen molar-refractivity contribution in [1.82, 2.24) is 19.7 Å². The smallest absolute Gasteiger partial charge is 0.167 e. The zero-order valence-corrected chi connectivity index (χ0v) is 14.7. The first kappa shape index (κ1) is 16.3. The highest BCUT2D eigenvalue weighted by Gasteiger charge is 2.48. The average Bonchev–Trinajstić information content (AvgIpc) is 3.11. The van der Waals surface area contributed by atoms with Crippen molar-refractivity contribution in [3.8, 4) is 18.0 Å². The Morgan fingerprint density at radius 3 is 2.89 bits per heavy atom. The highest BCUT2D eigenvalue weighted by Crippen LogP contribution is 2.36. The Kier molecular flexibility index (Phi) is 3.54. The number of nitrogens with zero attached hydrogens (tertiary/aromatic N) is 7. The minimum atomic E-state index is 0.126. The van der Waals surface area contributed by atoms with Crippen molar-refractivity contribution in [2.75, 3.05) is 35.6 Å². The molecular formula is C18H15N9O. The van der Waals surface area contributed by atoms with Crippen LogP contribution >= 0.6 is 0 Å². The van der Waals surface area contributed by atoms with Gasteiger partial charge in [-0.1, -0.05) is 0 Å². The first-order valence-electron chi connectivity index (χ1n) is 8.73. The van der Waals surface area contributed by atoms with Gasteiger partial charge in [-0.25, -0.2) is 9.97 Å². The molecule has 5 rings (SSSR count). The van der Waals surface area contributed by atoms with Crippen LogP contribution in [0.3, 0.4) is 0 Å². The van der Waals surface area contributed by atoms with Gasteiger partial charge in [0.15, 0.2) is 11.5 Å². The molecule has 3 aromatic rings. The third-order valence-corrected chi connectivity index (χ3v) is 5.10. The van der Waals surface area contributed by atoms with Crippen LogP contribution in [-0.4, -0.2) is 51.6 Å². The summed E-state index contributed by atoms with van der Waals surface area (Å²) < 4.78 is 7.06. The minimum Gasteiger partial charge on any atom is -0.396 e. The van der Waals surface area contributed by atoms with Crippen LogP contribution in [0.2, 0.25) is 0 Å². The lowest BCUT2D eigenvalue weighted by Gasteiger charge is -2.55. The number of nitrogens with two attached hydrogens (primary N) is 1. The second kappa shape index (κ2) is 6.08. The molecule has 2 fully saturated rings. The second-order valence-electron chi connectivity index (χ2n) is 6.67. The Morgan fingerprint density at radius 1 is 1.32 bits per heavy atom. The first-order chi connectivity index (χ1) is 13.7. The maximum atomic E-state index is 9.55. The van der Waals surface area contributed by atoms with E-state index in [2.05, 4.69) is 26.4 Å². The van der Waals surface area contributed by atoms with E-state index in [0.717, 1.165) is 11.9 Å². The molecule has 0 aromatic carbocycles. The molecule has 3 aromatic heterocycles. The number of fused-ring (bicyclic) bond motifs is 2. The Balaban J connectivity index is 1.59. The molecule has 28 heavy (non-hydrogen) atoms. The van der Waals surface area contributed by atoms with Gasteiger partial charge in [-0.2, -0.15) is 20.3 Å². The molecule has 2 aliphatic heterocycles. The van der Waals surface area contributed by atoms with Crippen LogP contribution in [0.5, 0.6) is 0 Å². The Labute approximate surface area is 159 Å². The molecule has 10 heteroatoms. The molecule has 138 valence electrons. The maximum absolute atomic E-state index is 9.55. The molecule has 0 saturated carbocycles. The zero-order chi connectivity index (χ0) is 19.3. The lowest BCUT2D eigenvalue weighted by atomic mass is 9.94. The molecule has 2 atom stereocenters. The Bertz CT molecular complexity index is 1170. The van der Waals surface area contributed by atoms with E-state index in [0.29, 0.717) is 40.8 Å². The van der Waals surface area contributed by atoms with E-state index in [9.17, 15) is 5.26 Å². The summed E-state index contributed by atoms with van der Waals surface area (Å²) in [4.78, 5) is 11.2. The van der Waals surface area contributed by atoms with Gasteiger partial charge < -0.3 is 20.7 Å². The molecule has 0 amide bonds. The quantitative estimate of drug-likeness (QED) is 0.635. The number of hydrogen-bond acceptors (Lipinski definition) is 9. The van der Waals surface area contributed by atoms with Crippen molar-refractivity contribution >= 4 is 28.2 Å².